The number of allylic oxidation sites excluding steroid dienone is 1. The molecule has 0 bridgehead atoms. The van der Waals surface area contributed by atoms with E-state index >= 15 is 0 Å². The largest absolute Gasteiger partial charge is 0.310 e. The van der Waals surface area contributed by atoms with Crippen molar-refractivity contribution in [3.8, 4) is 44.5 Å². The first-order valence-corrected chi connectivity index (χ1v) is 21.3. The highest BCUT2D eigenvalue weighted by molar-refractivity contribution is 7.19. The molecule has 0 fully saturated rings. The second kappa shape index (κ2) is 13.6. The summed E-state index contributed by atoms with van der Waals surface area (Å²) in [4.78, 5) is 3.98. The first kappa shape index (κ1) is 34.7. The maximum absolute atomic E-state index is 2.47. The van der Waals surface area contributed by atoms with Gasteiger partial charge in [-0.3, -0.25) is 0 Å². The van der Waals surface area contributed by atoms with Gasteiger partial charge in [0.1, 0.15) is 0 Å². The van der Waals surface area contributed by atoms with Crippen molar-refractivity contribution in [1.29, 1.82) is 0 Å². The second-order valence-corrected chi connectivity index (χ2v) is 17.6. The highest BCUT2D eigenvalue weighted by Crippen LogP contribution is 2.51. The maximum atomic E-state index is 2.47. The summed E-state index contributed by atoms with van der Waals surface area (Å²) in [5.41, 5.74) is 17.4. The molecular formula is C56H43NS. The molecule has 0 radical (unpaired) electrons. The van der Waals surface area contributed by atoms with E-state index in [9.17, 15) is 0 Å². The van der Waals surface area contributed by atoms with Crippen molar-refractivity contribution in [1.82, 2.24) is 0 Å². The van der Waals surface area contributed by atoms with Crippen LogP contribution in [0.5, 0.6) is 0 Å². The average Bonchev–Trinajstić information content (AvgIpc) is 3.76. The zero-order valence-corrected chi connectivity index (χ0v) is 33.9. The number of rotatable bonds is 6. The van der Waals surface area contributed by atoms with Crippen LogP contribution in [0.4, 0.5) is 17.1 Å². The summed E-state index contributed by atoms with van der Waals surface area (Å²) in [6, 6.07) is 65.5. The third kappa shape index (κ3) is 5.58. The molecule has 0 saturated carbocycles. The van der Waals surface area contributed by atoms with Crippen molar-refractivity contribution < 1.29 is 0 Å². The van der Waals surface area contributed by atoms with Crippen molar-refractivity contribution in [2.45, 2.75) is 38.5 Å². The van der Waals surface area contributed by atoms with Gasteiger partial charge in [0.2, 0.25) is 0 Å². The average molecular weight is 762 g/mol. The highest BCUT2D eigenvalue weighted by atomic mass is 32.1. The number of anilines is 3. The van der Waals surface area contributed by atoms with Gasteiger partial charge in [-0.1, -0.05) is 166 Å². The Balaban J connectivity index is 1.05. The fourth-order valence-electron chi connectivity index (χ4n) is 9.66. The predicted octanol–water partition coefficient (Wildman–Crippen LogP) is 16.4. The minimum absolute atomic E-state index is 0.114. The molecule has 8 aromatic carbocycles. The topological polar surface area (TPSA) is 3.24 Å². The number of hydrogen-bond acceptors (Lipinski definition) is 2. The maximum Gasteiger partial charge on any atom is 0.0540 e. The summed E-state index contributed by atoms with van der Waals surface area (Å²) in [7, 11) is 0. The molecule has 2 aliphatic rings. The molecule has 2 heteroatoms. The van der Waals surface area contributed by atoms with Crippen molar-refractivity contribution in [2.24, 2.45) is 0 Å². The Morgan fingerprint density at radius 1 is 0.517 bits per heavy atom. The summed E-state index contributed by atoms with van der Waals surface area (Å²) in [6.45, 7) is 7.08. The Morgan fingerprint density at radius 2 is 1.19 bits per heavy atom. The van der Waals surface area contributed by atoms with Gasteiger partial charge in [0, 0.05) is 37.3 Å². The van der Waals surface area contributed by atoms with Gasteiger partial charge in [-0.15, -0.1) is 11.3 Å². The van der Waals surface area contributed by atoms with E-state index in [1.54, 1.807) is 0 Å². The molecule has 2 aliphatic carbocycles. The van der Waals surface area contributed by atoms with Crippen molar-refractivity contribution in [3.05, 3.63) is 204 Å². The molecule has 1 heterocycles. The van der Waals surface area contributed by atoms with E-state index in [1.165, 1.54) is 86.9 Å². The smallest absolute Gasteiger partial charge is 0.0540 e. The Bertz CT molecular complexity index is 3080. The lowest BCUT2D eigenvalue weighted by Gasteiger charge is -2.30. The van der Waals surface area contributed by atoms with Gasteiger partial charge < -0.3 is 4.90 Å². The van der Waals surface area contributed by atoms with Gasteiger partial charge in [-0.25, -0.2) is 0 Å². The van der Waals surface area contributed by atoms with Crippen LogP contribution in [0, 0.1) is 0 Å². The van der Waals surface area contributed by atoms with E-state index in [0.29, 0.717) is 5.92 Å². The van der Waals surface area contributed by atoms with Gasteiger partial charge in [0.05, 0.1) is 5.69 Å². The summed E-state index contributed by atoms with van der Waals surface area (Å²) in [5.74, 6) is 0.577. The summed E-state index contributed by atoms with van der Waals surface area (Å²) in [5, 5.41) is 3.89. The SMILES string of the molecule is CC1CC=Cc2c1sc1cc(-c3ccc(N(c4ccc5c(c4)C(C)(C)c4ccccc4-5)c4ccccc4-c4cccc(-c5cccc6ccccc56)c4)cc3)ccc21. The number of hydrogen-bond donors (Lipinski definition) is 0. The summed E-state index contributed by atoms with van der Waals surface area (Å²) < 4.78 is 1.37. The number of nitrogens with zero attached hydrogens (tertiary/aromatic N) is 1. The Morgan fingerprint density at radius 3 is 2.07 bits per heavy atom. The fraction of sp³-hybridized carbons (Fsp3) is 0.107. The molecule has 11 rings (SSSR count). The molecule has 0 amide bonds. The molecule has 1 unspecified atom stereocenters. The van der Waals surface area contributed by atoms with Crippen LogP contribution in [0.1, 0.15) is 54.7 Å². The lowest BCUT2D eigenvalue weighted by molar-refractivity contribution is 0.660. The summed E-state index contributed by atoms with van der Waals surface area (Å²) in [6.07, 6.45) is 5.78. The first-order valence-electron chi connectivity index (χ1n) is 20.5. The van der Waals surface area contributed by atoms with Gasteiger partial charge in [0.25, 0.3) is 0 Å². The quantitative estimate of drug-likeness (QED) is 0.163. The fourth-order valence-corrected chi connectivity index (χ4v) is 11.0. The van der Waals surface area contributed by atoms with Crippen molar-refractivity contribution in [2.75, 3.05) is 4.90 Å². The van der Waals surface area contributed by atoms with E-state index in [2.05, 4.69) is 214 Å². The van der Waals surface area contributed by atoms with Gasteiger partial charge in [0.15, 0.2) is 0 Å². The lowest BCUT2D eigenvalue weighted by Crippen LogP contribution is -2.16. The number of benzene rings is 8. The highest BCUT2D eigenvalue weighted by Gasteiger charge is 2.36. The van der Waals surface area contributed by atoms with Gasteiger partial charge in [-0.05, 0) is 121 Å². The molecule has 0 saturated heterocycles. The van der Waals surface area contributed by atoms with Crippen LogP contribution in [0.3, 0.4) is 0 Å². The van der Waals surface area contributed by atoms with E-state index in [0.717, 1.165) is 23.5 Å². The van der Waals surface area contributed by atoms with Gasteiger partial charge in [-0.2, -0.15) is 0 Å². The molecule has 0 spiro atoms. The first-order chi connectivity index (χ1) is 28.4. The minimum Gasteiger partial charge on any atom is -0.310 e. The van der Waals surface area contributed by atoms with Crippen LogP contribution in [0.25, 0.3) is 71.4 Å². The van der Waals surface area contributed by atoms with E-state index in [4.69, 9.17) is 0 Å². The Kier molecular flexibility index (Phi) is 8.13. The standard InChI is InChI=1S/C56H43NS/c1-36-13-10-22-50-49-31-27-39(34-54(49)58-55(36)50)37-25-28-42(29-26-37)57(43-30-32-48-47-20-6-8-23-51(47)56(2,3)52(48)35-43)53-24-9-7-19-46(53)41-17-11-16-40(33-41)45-21-12-15-38-14-4-5-18-44(38)45/h4-12,14-36H,13H2,1-3H3. The number of thiophene rings is 1. The van der Waals surface area contributed by atoms with Crippen LogP contribution >= 0.6 is 11.3 Å². The van der Waals surface area contributed by atoms with E-state index in [-0.39, 0.29) is 5.41 Å². The number of fused-ring (bicyclic) bond motifs is 7. The van der Waals surface area contributed by atoms with E-state index in [1.807, 2.05) is 11.3 Å². The molecule has 1 atom stereocenters. The molecule has 0 N–H and O–H groups in total. The zero-order valence-electron chi connectivity index (χ0n) is 33.0. The second-order valence-electron chi connectivity index (χ2n) is 16.5. The molecule has 1 aromatic heterocycles. The minimum atomic E-state index is -0.114. The predicted molar refractivity (Wildman–Crippen MR) is 250 cm³/mol. The van der Waals surface area contributed by atoms with Crippen LogP contribution in [-0.2, 0) is 5.41 Å². The van der Waals surface area contributed by atoms with Crippen molar-refractivity contribution >= 4 is 55.3 Å². The summed E-state index contributed by atoms with van der Waals surface area (Å²) >= 11 is 1.96. The van der Waals surface area contributed by atoms with Crippen LogP contribution < -0.4 is 4.90 Å². The Hall–Kier alpha value is -6.48. The normalized spacial score (nSPS) is 15.0. The van der Waals surface area contributed by atoms with Crippen molar-refractivity contribution in [3.63, 3.8) is 0 Å². The monoisotopic (exact) mass is 761 g/mol. The third-order valence-electron chi connectivity index (χ3n) is 12.7. The zero-order chi connectivity index (χ0) is 39.0. The Labute approximate surface area is 345 Å². The molecule has 58 heavy (non-hydrogen) atoms. The molecule has 9 aromatic rings. The molecule has 0 aliphatic heterocycles. The van der Waals surface area contributed by atoms with E-state index < -0.39 is 0 Å². The van der Waals surface area contributed by atoms with Gasteiger partial charge >= 0.3 is 0 Å². The molecular weight excluding hydrogens is 719 g/mol. The third-order valence-corrected chi connectivity index (χ3v) is 14.1. The molecule has 1 nitrogen and oxygen atoms in total. The number of para-hydroxylation sites is 1. The van der Waals surface area contributed by atoms with Crippen LogP contribution in [0.15, 0.2) is 182 Å². The lowest BCUT2D eigenvalue weighted by atomic mass is 9.82. The molecule has 278 valence electrons. The van der Waals surface area contributed by atoms with Crippen LogP contribution in [-0.4, -0.2) is 0 Å². The van der Waals surface area contributed by atoms with Crippen LogP contribution in [0.2, 0.25) is 0 Å².